The Hall–Kier alpha value is -0.610. The van der Waals surface area contributed by atoms with Crippen LogP contribution in [0.15, 0.2) is 0 Å². The quantitative estimate of drug-likeness (QED) is 0.648. The Morgan fingerprint density at radius 1 is 1.47 bits per heavy atom. The van der Waals surface area contributed by atoms with E-state index in [0.717, 1.165) is 6.42 Å². The summed E-state index contributed by atoms with van der Waals surface area (Å²) in [4.78, 5) is 11.4. The Morgan fingerprint density at radius 2 is 2.07 bits per heavy atom. The lowest BCUT2D eigenvalue weighted by atomic mass is 9.87. The summed E-state index contributed by atoms with van der Waals surface area (Å²) in [6, 6.07) is -0.0625. The minimum absolute atomic E-state index is 0.00352. The second-order valence-electron chi connectivity index (χ2n) is 5.07. The molecule has 3 N–H and O–H groups in total. The summed E-state index contributed by atoms with van der Waals surface area (Å²) in [5.41, 5.74) is 6.05. The fraction of sp³-hybridized carbons (Fsp3) is 0.909. The van der Waals surface area contributed by atoms with Crippen molar-refractivity contribution in [1.82, 2.24) is 5.32 Å². The zero-order valence-electron chi connectivity index (χ0n) is 10.3. The number of hydrogen-bond acceptors (Lipinski definition) is 3. The zero-order valence-corrected chi connectivity index (χ0v) is 10.3. The van der Waals surface area contributed by atoms with Crippen LogP contribution < -0.4 is 11.1 Å². The molecule has 0 spiro atoms. The molecule has 15 heavy (non-hydrogen) atoms. The van der Waals surface area contributed by atoms with Gasteiger partial charge in [0.1, 0.15) is 0 Å². The van der Waals surface area contributed by atoms with Crippen LogP contribution in [0.3, 0.4) is 0 Å². The third-order valence-electron chi connectivity index (χ3n) is 1.95. The van der Waals surface area contributed by atoms with E-state index in [9.17, 15) is 4.79 Å². The third kappa shape index (κ3) is 9.69. The first-order valence-corrected chi connectivity index (χ1v) is 5.36. The summed E-state index contributed by atoms with van der Waals surface area (Å²) in [5, 5.41) is 2.76. The minimum atomic E-state index is -0.0625. The lowest BCUT2D eigenvalue weighted by Crippen LogP contribution is -2.35. The second kappa shape index (κ2) is 6.80. The van der Waals surface area contributed by atoms with Crippen molar-refractivity contribution < 1.29 is 9.53 Å². The van der Waals surface area contributed by atoms with Crippen LogP contribution in [-0.4, -0.2) is 32.2 Å². The SMILES string of the molecule is COCCNC(=O)CC(N)CC(C)(C)C. The first kappa shape index (κ1) is 14.4. The van der Waals surface area contributed by atoms with Gasteiger partial charge in [0, 0.05) is 26.1 Å². The average Bonchev–Trinajstić information content (AvgIpc) is 2.00. The number of hydrogen-bond donors (Lipinski definition) is 2. The van der Waals surface area contributed by atoms with Crippen molar-refractivity contribution in [3.05, 3.63) is 0 Å². The van der Waals surface area contributed by atoms with Gasteiger partial charge in [-0.3, -0.25) is 4.79 Å². The van der Waals surface area contributed by atoms with Crippen molar-refractivity contribution >= 4 is 5.91 Å². The van der Waals surface area contributed by atoms with Crippen LogP contribution in [0.4, 0.5) is 0 Å². The van der Waals surface area contributed by atoms with Crippen LogP contribution in [0.2, 0.25) is 0 Å². The second-order valence-corrected chi connectivity index (χ2v) is 5.07. The molecule has 90 valence electrons. The fourth-order valence-electron chi connectivity index (χ4n) is 1.46. The molecule has 0 saturated heterocycles. The number of nitrogens with two attached hydrogens (primary N) is 1. The van der Waals surface area contributed by atoms with E-state index in [1.807, 2.05) is 0 Å². The van der Waals surface area contributed by atoms with Gasteiger partial charge >= 0.3 is 0 Å². The molecule has 0 aromatic rings. The normalized spacial score (nSPS) is 13.7. The van der Waals surface area contributed by atoms with E-state index >= 15 is 0 Å². The molecule has 0 bridgehead atoms. The molecule has 4 heteroatoms. The van der Waals surface area contributed by atoms with Gasteiger partial charge in [-0.25, -0.2) is 0 Å². The van der Waals surface area contributed by atoms with Gasteiger partial charge in [0.05, 0.1) is 6.61 Å². The number of rotatable bonds is 6. The van der Waals surface area contributed by atoms with Crippen LogP contribution in [0.1, 0.15) is 33.6 Å². The first-order valence-electron chi connectivity index (χ1n) is 5.36. The van der Waals surface area contributed by atoms with E-state index in [1.54, 1.807) is 7.11 Å². The van der Waals surface area contributed by atoms with Crippen molar-refractivity contribution in [2.45, 2.75) is 39.7 Å². The molecule has 1 amide bonds. The molecule has 0 radical (unpaired) electrons. The van der Waals surface area contributed by atoms with Crippen molar-refractivity contribution in [2.24, 2.45) is 11.1 Å². The Bertz CT molecular complexity index is 188. The van der Waals surface area contributed by atoms with Gasteiger partial charge < -0.3 is 15.8 Å². The molecule has 0 fully saturated rings. The molecule has 0 aliphatic heterocycles. The highest BCUT2D eigenvalue weighted by Gasteiger charge is 2.17. The van der Waals surface area contributed by atoms with E-state index in [1.165, 1.54) is 0 Å². The Labute approximate surface area is 92.6 Å². The van der Waals surface area contributed by atoms with Crippen LogP contribution >= 0.6 is 0 Å². The monoisotopic (exact) mass is 216 g/mol. The van der Waals surface area contributed by atoms with Gasteiger partial charge in [-0.1, -0.05) is 20.8 Å². The van der Waals surface area contributed by atoms with E-state index < -0.39 is 0 Å². The molecule has 0 saturated carbocycles. The van der Waals surface area contributed by atoms with Crippen LogP contribution in [0.25, 0.3) is 0 Å². The predicted molar refractivity (Wildman–Crippen MR) is 61.6 cm³/mol. The molecular weight excluding hydrogens is 192 g/mol. The summed E-state index contributed by atoms with van der Waals surface area (Å²) < 4.78 is 4.83. The molecule has 1 unspecified atom stereocenters. The summed E-state index contributed by atoms with van der Waals surface area (Å²) in [5.74, 6) is 0.00352. The van der Waals surface area contributed by atoms with Gasteiger partial charge in [-0.2, -0.15) is 0 Å². The molecule has 0 heterocycles. The maximum atomic E-state index is 11.4. The van der Waals surface area contributed by atoms with Crippen LogP contribution in [0, 0.1) is 5.41 Å². The van der Waals surface area contributed by atoms with Crippen molar-refractivity contribution in [3.63, 3.8) is 0 Å². The maximum Gasteiger partial charge on any atom is 0.221 e. The standard InChI is InChI=1S/C11H24N2O2/c1-11(2,3)8-9(12)7-10(14)13-5-6-15-4/h9H,5-8,12H2,1-4H3,(H,13,14). The molecular formula is C11H24N2O2. The lowest BCUT2D eigenvalue weighted by Gasteiger charge is -2.22. The Kier molecular flexibility index (Phi) is 6.52. The number of carbonyl (C=O) groups excluding carboxylic acids is 1. The predicted octanol–water partition coefficient (Wildman–Crippen LogP) is 0.903. The van der Waals surface area contributed by atoms with Gasteiger partial charge in [0.2, 0.25) is 5.91 Å². The summed E-state index contributed by atoms with van der Waals surface area (Å²) in [6.45, 7) is 7.46. The minimum Gasteiger partial charge on any atom is -0.383 e. The molecule has 0 rings (SSSR count). The Morgan fingerprint density at radius 3 is 2.53 bits per heavy atom. The highest BCUT2D eigenvalue weighted by atomic mass is 16.5. The molecule has 4 nitrogen and oxygen atoms in total. The van der Waals surface area contributed by atoms with E-state index in [2.05, 4.69) is 26.1 Å². The number of methoxy groups -OCH3 is 1. The van der Waals surface area contributed by atoms with Crippen molar-refractivity contribution in [1.29, 1.82) is 0 Å². The topological polar surface area (TPSA) is 64.3 Å². The zero-order chi connectivity index (χ0) is 11.9. The average molecular weight is 216 g/mol. The number of nitrogens with one attached hydrogen (secondary N) is 1. The highest BCUT2D eigenvalue weighted by molar-refractivity contribution is 5.76. The van der Waals surface area contributed by atoms with Crippen molar-refractivity contribution in [2.75, 3.05) is 20.3 Å². The third-order valence-corrected chi connectivity index (χ3v) is 1.95. The summed E-state index contributed by atoms with van der Waals surface area (Å²) >= 11 is 0. The molecule has 1 atom stereocenters. The number of ether oxygens (including phenoxy) is 1. The van der Waals surface area contributed by atoms with Gasteiger partial charge in [-0.05, 0) is 11.8 Å². The smallest absolute Gasteiger partial charge is 0.221 e. The largest absolute Gasteiger partial charge is 0.383 e. The van der Waals surface area contributed by atoms with Gasteiger partial charge in [0.15, 0.2) is 0 Å². The van der Waals surface area contributed by atoms with Crippen molar-refractivity contribution in [3.8, 4) is 0 Å². The lowest BCUT2D eigenvalue weighted by molar-refractivity contribution is -0.121. The Balaban J connectivity index is 3.67. The van der Waals surface area contributed by atoms with E-state index in [0.29, 0.717) is 19.6 Å². The molecule has 0 aliphatic carbocycles. The highest BCUT2D eigenvalue weighted by Crippen LogP contribution is 2.20. The summed E-state index contributed by atoms with van der Waals surface area (Å²) in [6.07, 6.45) is 1.24. The molecule has 0 aromatic heterocycles. The van der Waals surface area contributed by atoms with Gasteiger partial charge in [-0.15, -0.1) is 0 Å². The fourth-order valence-corrected chi connectivity index (χ4v) is 1.46. The number of amides is 1. The maximum absolute atomic E-state index is 11.4. The van der Waals surface area contributed by atoms with Gasteiger partial charge in [0.25, 0.3) is 0 Å². The number of carbonyl (C=O) groups is 1. The van der Waals surface area contributed by atoms with E-state index in [4.69, 9.17) is 10.5 Å². The van der Waals surface area contributed by atoms with Crippen LogP contribution in [0.5, 0.6) is 0 Å². The molecule has 0 aromatic carbocycles. The summed E-state index contributed by atoms with van der Waals surface area (Å²) in [7, 11) is 1.61. The van der Waals surface area contributed by atoms with E-state index in [-0.39, 0.29) is 17.4 Å². The van der Waals surface area contributed by atoms with Crippen LogP contribution in [-0.2, 0) is 9.53 Å². The molecule has 0 aliphatic rings. The first-order chi connectivity index (χ1) is 6.85.